The van der Waals surface area contributed by atoms with Gasteiger partial charge < -0.3 is 5.73 Å². The minimum atomic E-state index is 0.573. The second kappa shape index (κ2) is 5.64. The number of hydrogen-bond acceptors (Lipinski definition) is 4. The summed E-state index contributed by atoms with van der Waals surface area (Å²) in [7, 11) is 0. The monoisotopic (exact) mass is 283 g/mol. The number of hydrogen-bond donors (Lipinski definition) is 1. The van der Waals surface area contributed by atoms with Crippen molar-refractivity contribution in [3.05, 3.63) is 34.8 Å². The maximum Gasteiger partial charge on any atom is 0.114 e. The van der Waals surface area contributed by atoms with Crippen LogP contribution in [-0.2, 0) is 0 Å². The first kappa shape index (κ1) is 13.1. The van der Waals surface area contributed by atoms with Gasteiger partial charge in [0, 0.05) is 11.5 Å². The van der Waals surface area contributed by atoms with E-state index in [4.69, 9.17) is 16.0 Å². The summed E-state index contributed by atoms with van der Waals surface area (Å²) in [5, 5.41) is 10.9. The van der Waals surface area contributed by atoms with E-state index >= 15 is 0 Å². The average molecular weight is 283 g/mol. The van der Waals surface area contributed by atoms with Gasteiger partial charge in [-0.1, -0.05) is 31.4 Å². The lowest BCUT2D eigenvalue weighted by Gasteiger charge is -2.18. The molecule has 1 aromatic heterocycles. The highest BCUT2D eigenvalue weighted by molar-refractivity contribution is 7.16. The Kier molecular flexibility index (Phi) is 3.70. The van der Waals surface area contributed by atoms with Crippen molar-refractivity contribution < 1.29 is 0 Å². The molecule has 0 aliphatic heterocycles. The molecule has 1 aliphatic carbocycles. The second-order valence-electron chi connectivity index (χ2n) is 5.29. The van der Waals surface area contributed by atoms with Crippen molar-refractivity contribution in [2.75, 3.05) is 5.73 Å². The molecule has 2 N–H and O–H groups in total. The van der Waals surface area contributed by atoms with Crippen LogP contribution in [0.2, 0.25) is 0 Å². The Bertz CT molecular complexity index is 648. The Labute approximate surface area is 123 Å². The van der Waals surface area contributed by atoms with Gasteiger partial charge in [-0.15, -0.1) is 11.3 Å². The maximum atomic E-state index is 8.99. The molecule has 4 heteroatoms. The van der Waals surface area contributed by atoms with E-state index < -0.39 is 0 Å². The number of anilines is 1. The van der Waals surface area contributed by atoms with Crippen molar-refractivity contribution in [3.8, 4) is 17.3 Å². The van der Waals surface area contributed by atoms with E-state index in [0.717, 1.165) is 16.3 Å². The summed E-state index contributed by atoms with van der Waals surface area (Å²) in [5.74, 6) is 0.573. The predicted octanol–water partition coefficient (Wildman–Crippen LogP) is 4.31. The summed E-state index contributed by atoms with van der Waals surface area (Å²) in [4.78, 5) is 4.76. The van der Waals surface area contributed by atoms with Crippen molar-refractivity contribution in [1.29, 1.82) is 5.26 Å². The van der Waals surface area contributed by atoms with Crippen LogP contribution in [0.25, 0.3) is 11.3 Å². The van der Waals surface area contributed by atoms with E-state index in [1.165, 1.54) is 37.1 Å². The molecule has 3 rings (SSSR count). The highest BCUT2D eigenvalue weighted by atomic mass is 32.1. The predicted molar refractivity (Wildman–Crippen MR) is 82.5 cm³/mol. The second-order valence-corrected chi connectivity index (χ2v) is 6.35. The van der Waals surface area contributed by atoms with Gasteiger partial charge in [-0.25, -0.2) is 4.98 Å². The highest BCUT2D eigenvalue weighted by Crippen LogP contribution is 2.39. The number of nitrogens with zero attached hydrogens (tertiary/aromatic N) is 2. The van der Waals surface area contributed by atoms with Gasteiger partial charge in [0.05, 0.1) is 16.6 Å². The Hall–Kier alpha value is -1.86. The van der Waals surface area contributed by atoms with E-state index in [0.29, 0.717) is 11.5 Å². The van der Waals surface area contributed by atoms with Crippen molar-refractivity contribution in [2.45, 2.75) is 38.0 Å². The summed E-state index contributed by atoms with van der Waals surface area (Å²) in [6.45, 7) is 0. The zero-order valence-corrected chi connectivity index (χ0v) is 12.1. The third-order valence-electron chi connectivity index (χ3n) is 3.89. The number of aromatic nitrogens is 1. The average Bonchev–Trinajstić information content (AvgIpc) is 2.90. The zero-order valence-electron chi connectivity index (χ0n) is 11.3. The molecule has 1 aliphatic rings. The maximum absolute atomic E-state index is 8.99. The molecule has 0 atom stereocenters. The van der Waals surface area contributed by atoms with Crippen LogP contribution in [0.5, 0.6) is 0 Å². The molecule has 1 saturated carbocycles. The number of benzene rings is 1. The molecule has 3 nitrogen and oxygen atoms in total. The third kappa shape index (κ3) is 2.54. The Morgan fingerprint density at radius 3 is 2.80 bits per heavy atom. The van der Waals surface area contributed by atoms with Crippen LogP contribution in [0.15, 0.2) is 24.3 Å². The smallest absolute Gasteiger partial charge is 0.114 e. The SMILES string of the molecule is N#Cc1cccc(-c2nc(C3CCCCC3)sc2N)c1. The van der Waals surface area contributed by atoms with Crippen LogP contribution in [0, 0.1) is 11.3 Å². The van der Waals surface area contributed by atoms with E-state index in [9.17, 15) is 0 Å². The zero-order chi connectivity index (χ0) is 13.9. The molecule has 0 bridgehead atoms. The third-order valence-corrected chi connectivity index (χ3v) is 4.94. The molecule has 0 unspecified atom stereocenters. The first-order chi connectivity index (χ1) is 9.78. The van der Waals surface area contributed by atoms with Gasteiger partial charge in [-0.3, -0.25) is 0 Å². The number of thiazole rings is 1. The van der Waals surface area contributed by atoms with Gasteiger partial charge in [-0.2, -0.15) is 5.26 Å². The van der Waals surface area contributed by atoms with Crippen LogP contribution in [0.1, 0.15) is 48.6 Å². The number of nitrogen functional groups attached to an aromatic ring is 1. The molecular formula is C16H17N3S. The molecule has 1 aromatic carbocycles. The molecule has 0 radical (unpaired) electrons. The molecule has 0 amide bonds. The van der Waals surface area contributed by atoms with Crippen LogP contribution >= 0.6 is 11.3 Å². The summed E-state index contributed by atoms with van der Waals surface area (Å²) < 4.78 is 0. The first-order valence-corrected chi connectivity index (χ1v) is 7.86. The lowest BCUT2D eigenvalue weighted by Crippen LogP contribution is -2.03. The fraction of sp³-hybridized carbons (Fsp3) is 0.375. The minimum Gasteiger partial charge on any atom is -0.389 e. The summed E-state index contributed by atoms with van der Waals surface area (Å²) in [5.41, 5.74) is 8.58. The highest BCUT2D eigenvalue weighted by Gasteiger charge is 2.21. The quantitative estimate of drug-likeness (QED) is 0.893. The van der Waals surface area contributed by atoms with E-state index in [1.807, 2.05) is 18.2 Å². The van der Waals surface area contributed by atoms with Crippen LogP contribution in [0.3, 0.4) is 0 Å². The van der Waals surface area contributed by atoms with Gasteiger partial charge in [0.25, 0.3) is 0 Å². The molecule has 1 heterocycles. The standard InChI is InChI=1S/C16H17N3S/c17-10-11-5-4-8-13(9-11)14-15(18)20-16(19-14)12-6-2-1-3-7-12/h4-5,8-9,12H,1-3,6-7,18H2. The molecule has 20 heavy (non-hydrogen) atoms. The van der Waals surface area contributed by atoms with E-state index in [1.54, 1.807) is 17.4 Å². The Morgan fingerprint density at radius 2 is 2.05 bits per heavy atom. The fourth-order valence-electron chi connectivity index (χ4n) is 2.82. The Morgan fingerprint density at radius 1 is 1.25 bits per heavy atom. The fourth-order valence-corrected chi connectivity index (χ4v) is 3.84. The van der Waals surface area contributed by atoms with Crippen molar-refractivity contribution in [2.24, 2.45) is 0 Å². The first-order valence-electron chi connectivity index (χ1n) is 7.04. The Balaban J connectivity index is 1.94. The number of nitriles is 1. The van der Waals surface area contributed by atoms with Crippen LogP contribution in [0.4, 0.5) is 5.00 Å². The molecular weight excluding hydrogens is 266 g/mol. The topological polar surface area (TPSA) is 62.7 Å². The number of nitrogens with two attached hydrogens (primary N) is 1. The lowest BCUT2D eigenvalue weighted by molar-refractivity contribution is 0.442. The van der Waals surface area contributed by atoms with Crippen molar-refractivity contribution in [3.63, 3.8) is 0 Å². The minimum absolute atomic E-state index is 0.573. The van der Waals surface area contributed by atoms with E-state index in [-0.39, 0.29) is 0 Å². The molecule has 0 spiro atoms. The number of rotatable bonds is 2. The lowest BCUT2D eigenvalue weighted by atomic mass is 9.90. The van der Waals surface area contributed by atoms with Gasteiger partial charge in [0.2, 0.25) is 0 Å². The largest absolute Gasteiger partial charge is 0.389 e. The van der Waals surface area contributed by atoms with Gasteiger partial charge in [0.1, 0.15) is 10.7 Å². The van der Waals surface area contributed by atoms with E-state index in [2.05, 4.69) is 6.07 Å². The summed E-state index contributed by atoms with van der Waals surface area (Å²) in [6, 6.07) is 9.67. The van der Waals surface area contributed by atoms with Crippen molar-refractivity contribution >= 4 is 16.3 Å². The molecule has 2 aromatic rings. The summed E-state index contributed by atoms with van der Waals surface area (Å²) >= 11 is 1.61. The molecule has 102 valence electrons. The van der Waals surface area contributed by atoms with Gasteiger partial charge >= 0.3 is 0 Å². The van der Waals surface area contributed by atoms with Gasteiger partial charge in [0.15, 0.2) is 0 Å². The summed E-state index contributed by atoms with van der Waals surface area (Å²) in [6.07, 6.45) is 6.39. The molecule has 1 fully saturated rings. The van der Waals surface area contributed by atoms with Crippen LogP contribution in [-0.4, -0.2) is 4.98 Å². The van der Waals surface area contributed by atoms with Crippen molar-refractivity contribution in [1.82, 2.24) is 4.98 Å². The van der Waals surface area contributed by atoms with Gasteiger partial charge in [-0.05, 0) is 25.0 Å². The molecule has 0 saturated heterocycles. The normalized spacial score (nSPS) is 15.9. The van der Waals surface area contributed by atoms with Crippen LogP contribution < -0.4 is 5.73 Å².